The molecule has 1 heterocycles. The fraction of sp³-hybridized carbons (Fsp3) is 0.917. The van der Waals surface area contributed by atoms with Gasteiger partial charge >= 0.3 is 0 Å². The van der Waals surface area contributed by atoms with Gasteiger partial charge in [-0.1, -0.05) is 0 Å². The van der Waals surface area contributed by atoms with Crippen LogP contribution in [-0.2, 0) is 4.79 Å². The van der Waals surface area contributed by atoms with E-state index in [2.05, 4.69) is 19.0 Å². The summed E-state index contributed by atoms with van der Waals surface area (Å²) < 4.78 is 0. The summed E-state index contributed by atoms with van der Waals surface area (Å²) in [6.45, 7) is 1.75. The molecular formula is C12H23N3O. The fourth-order valence-electron chi connectivity index (χ4n) is 2.67. The van der Waals surface area contributed by atoms with E-state index in [9.17, 15) is 4.79 Å². The predicted molar refractivity (Wildman–Crippen MR) is 64.1 cm³/mol. The molecule has 4 heteroatoms. The number of rotatable bonds is 2. The molecular weight excluding hydrogens is 202 g/mol. The number of hydrogen-bond donors (Lipinski definition) is 1. The largest absolute Gasteiger partial charge is 0.341 e. The van der Waals surface area contributed by atoms with Crippen LogP contribution in [0.25, 0.3) is 0 Å². The molecule has 92 valence electrons. The maximum Gasteiger partial charge on any atom is 0.242 e. The van der Waals surface area contributed by atoms with E-state index in [4.69, 9.17) is 5.73 Å². The van der Waals surface area contributed by atoms with Gasteiger partial charge in [0.25, 0.3) is 0 Å². The van der Waals surface area contributed by atoms with Crippen molar-refractivity contribution in [2.75, 3.05) is 27.2 Å². The second-order valence-electron chi connectivity index (χ2n) is 5.50. The molecule has 2 aliphatic rings. The van der Waals surface area contributed by atoms with Crippen molar-refractivity contribution in [2.24, 2.45) is 5.73 Å². The third kappa shape index (κ3) is 2.09. The SMILES string of the molecule is CN(C)C1CCN(C(=O)C2(N)CCC2)CC1. The molecule has 4 nitrogen and oxygen atoms in total. The van der Waals surface area contributed by atoms with Gasteiger partial charge in [0.2, 0.25) is 5.91 Å². The first kappa shape index (κ1) is 11.9. The number of piperidine rings is 1. The Balaban J connectivity index is 1.87. The van der Waals surface area contributed by atoms with E-state index >= 15 is 0 Å². The van der Waals surface area contributed by atoms with Crippen LogP contribution >= 0.6 is 0 Å². The van der Waals surface area contributed by atoms with Gasteiger partial charge in [0.05, 0.1) is 5.54 Å². The van der Waals surface area contributed by atoms with E-state index < -0.39 is 5.54 Å². The van der Waals surface area contributed by atoms with Crippen molar-refractivity contribution in [1.82, 2.24) is 9.80 Å². The zero-order chi connectivity index (χ0) is 11.8. The van der Waals surface area contributed by atoms with Crippen molar-refractivity contribution >= 4 is 5.91 Å². The average molecular weight is 225 g/mol. The molecule has 1 amide bonds. The molecule has 2 N–H and O–H groups in total. The summed E-state index contributed by atoms with van der Waals surface area (Å²) in [5, 5.41) is 0. The van der Waals surface area contributed by atoms with E-state index in [0.29, 0.717) is 6.04 Å². The molecule has 2 rings (SSSR count). The minimum Gasteiger partial charge on any atom is -0.341 e. The van der Waals surface area contributed by atoms with Crippen molar-refractivity contribution in [1.29, 1.82) is 0 Å². The zero-order valence-electron chi connectivity index (χ0n) is 10.4. The first-order chi connectivity index (χ1) is 7.53. The third-order valence-corrected chi connectivity index (χ3v) is 4.15. The summed E-state index contributed by atoms with van der Waals surface area (Å²) in [7, 11) is 4.22. The highest BCUT2D eigenvalue weighted by molar-refractivity contribution is 5.87. The normalized spacial score (nSPS) is 25.6. The van der Waals surface area contributed by atoms with Crippen molar-refractivity contribution in [3.05, 3.63) is 0 Å². The average Bonchev–Trinajstić information content (AvgIpc) is 2.25. The monoisotopic (exact) mass is 225 g/mol. The molecule has 0 aromatic heterocycles. The topological polar surface area (TPSA) is 49.6 Å². The van der Waals surface area contributed by atoms with E-state index in [1.807, 2.05) is 4.90 Å². The maximum atomic E-state index is 12.2. The van der Waals surface area contributed by atoms with E-state index in [1.54, 1.807) is 0 Å². The van der Waals surface area contributed by atoms with Gasteiger partial charge in [-0.3, -0.25) is 4.79 Å². The molecule has 0 spiro atoms. The summed E-state index contributed by atoms with van der Waals surface area (Å²) in [6, 6.07) is 0.624. The van der Waals surface area contributed by atoms with Gasteiger partial charge in [0, 0.05) is 19.1 Å². The molecule has 1 saturated carbocycles. The minimum absolute atomic E-state index is 0.191. The molecule has 0 unspecified atom stereocenters. The molecule has 0 aromatic rings. The lowest BCUT2D eigenvalue weighted by Crippen LogP contribution is -2.61. The lowest BCUT2D eigenvalue weighted by molar-refractivity contribution is -0.141. The standard InChI is InChI=1S/C12H23N3O/c1-14(2)10-4-8-15(9-5-10)11(16)12(13)6-3-7-12/h10H,3-9,13H2,1-2H3. The van der Waals surface area contributed by atoms with Crippen LogP contribution in [-0.4, -0.2) is 54.5 Å². The van der Waals surface area contributed by atoms with Crippen LogP contribution in [0.3, 0.4) is 0 Å². The van der Waals surface area contributed by atoms with Gasteiger partial charge < -0.3 is 15.5 Å². The second-order valence-corrected chi connectivity index (χ2v) is 5.50. The molecule has 16 heavy (non-hydrogen) atoms. The van der Waals surface area contributed by atoms with E-state index in [-0.39, 0.29) is 5.91 Å². The molecule has 0 bridgehead atoms. The Labute approximate surface area is 97.8 Å². The van der Waals surface area contributed by atoms with Crippen LogP contribution in [0.2, 0.25) is 0 Å². The third-order valence-electron chi connectivity index (χ3n) is 4.15. The van der Waals surface area contributed by atoms with Crippen molar-refractivity contribution in [2.45, 2.75) is 43.7 Å². The number of likely N-dealkylation sites (tertiary alicyclic amines) is 1. The van der Waals surface area contributed by atoms with Gasteiger partial charge in [-0.2, -0.15) is 0 Å². The maximum absolute atomic E-state index is 12.2. The molecule has 0 radical (unpaired) electrons. The summed E-state index contributed by atoms with van der Waals surface area (Å²) in [5.74, 6) is 0.191. The number of hydrogen-bond acceptors (Lipinski definition) is 3. The van der Waals surface area contributed by atoms with Crippen molar-refractivity contribution in [3.63, 3.8) is 0 Å². The minimum atomic E-state index is -0.509. The van der Waals surface area contributed by atoms with Crippen LogP contribution in [0.15, 0.2) is 0 Å². The Morgan fingerprint density at radius 1 is 1.31 bits per heavy atom. The van der Waals surface area contributed by atoms with Crippen LogP contribution in [0.5, 0.6) is 0 Å². The Bertz CT molecular complexity index is 265. The number of carbonyl (C=O) groups excluding carboxylic acids is 1. The Kier molecular flexibility index (Phi) is 3.22. The first-order valence-electron chi connectivity index (χ1n) is 6.28. The molecule has 0 aromatic carbocycles. The number of nitrogens with zero attached hydrogens (tertiary/aromatic N) is 2. The summed E-state index contributed by atoms with van der Waals surface area (Å²) in [6.07, 6.45) is 5.01. The second kappa shape index (κ2) is 4.34. The van der Waals surface area contributed by atoms with Crippen LogP contribution in [0.1, 0.15) is 32.1 Å². The molecule has 1 saturated heterocycles. The molecule has 1 aliphatic heterocycles. The fourth-order valence-corrected chi connectivity index (χ4v) is 2.67. The van der Waals surface area contributed by atoms with E-state index in [0.717, 1.165) is 45.2 Å². The summed E-state index contributed by atoms with van der Waals surface area (Å²) in [4.78, 5) is 16.4. The summed E-state index contributed by atoms with van der Waals surface area (Å²) in [5.41, 5.74) is 5.56. The van der Waals surface area contributed by atoms with Gasteiger partial charge in [0.1, 0.15) is 0 Å². The highest BCUT2D eigenvalue weighted by Crippen LogP contribution is 2.31. The lowest BCUT2D eigenvalue weighted by atomic mass is 9.76. The number of carbonyl (C=O) groups is 1. The van der Waals surface area contributed by atoms with Crippen LogP contribution in [0.4, 0.5) is 0 Å². The van der Waals surface area contributed by atoms with Crippen LogP contribution in [0, 0.1) is 0 Å². The smallest absolute Gasteiger partial charge is 0.242 e. The lowest BCUT2D eigenvalue weighted by Gasteiger charge is -2.43. The quantitative estimate of drug-likeness (QED) is 0.741. The van der Waals surface area contributed by atoms with Gasteiger partial charge in [-0.15, -0.1) is 0 Å². The number of amides is 1. The van der Waals surface area contributed by atoms with Gasteiger partial charge in [0.15, 0.2) is 0 Å². The van der Waals surface area contributed by atoms with E-state index in [1.165, 1.54) is 0 Å². The predicted octanol–water partition coefficient (Wildman–Crippen LogP) is 0.420. The van der Waals surface area contributed by atoms with Crippen molar-refractivity contribution in [3.8, 4) is 0 Å². The number of nitrogens with two attached hydrogens (primary N) is 1. The highest BCUT2D eigenvalue weighted by atomic mass is 16.2. The molecule has 1 aliphatic carbocycles. The van der Waals surface area contributed by atoms with Crippen LogP contribution < -0.4 is 5.73 Å². The summed E-state index contributed by atoms with van der Waals surface area (Å²) >= 11 is 0. The Morgan fingerprint density at radius 3 is 2.25 bits per heavy atom. The Hall–Kier alpha value is -0.610. The molecule has 2 fully saturated rings. The molecule has 0 atom stereocenters. The van der Waals surface area contributed by atoms with Crippen molar-refractivity contribution < 1.29 is 4.79 Å². The highest BCUT2D eigenvalue weighted by Gasteiger charge is 2.43. The first-order valence-corrected chi connectivity index (χ1v) is 6.28. The zero-order valence-corrected chi connectivity index (χ0v) is 10.4. The Morgan fingerprint density at radius 2 is 1.88 bits per heavy atom. The van der Waals surface area contributed by atoms with Gasteiger partial charge in [-0.25, -0.2) is 0 Å². The van der Waals surface area contributed by atoms with Gasteiger partial charge in [-0.05, 0) is 46.2 Å².